The zero-order valence-corrected chi connectivity index (χ0v) is 15.2. The summed E-state index contributed by atoms with van der Waals surface area (Å²) >= 11 is 0. The number of hydrogen-bond acceptors (Lipinski definition) is 3. The number of rotatable bonds is 8. The molecule has 0 spiro atoms. The predicted octanol–water partition coefficient (Wildman–Crippen LogP) is 4.26. The quantitative estimate of drug-likeness (QED) is 0.570. The van der Waals surface area contributed by atoms with Crippen LogP contribution in [0.4, 0.5) is 5.69 Å². The van der Waals surface area contributed by atoms with Crippen LogP contribution in [-0.2, 0) is 6.54 Å². The standard InChI is InChI=1S/C22H27N3O/c1-23-20-8-10-22(11-9-20)26-17-5-14-24-21-12-15-25(16-13-21)18-19-6-3-2-4-7-19/h2-4,6-11,21,24H,5,12-18H2. The molecule has 1 saturated heterocycles. The maximum absolute atomic E-state index is 6.95. The molecule has 0 aromatic heterocycles. The van der Waals surface area contributed by atoms with E-state index in [0.717, 1.165) is 38.3 Å². The molecule has 0 amide bonds. The van der Waals surface area contributed by atoms with Gasteiger partial charge < -0.3 is 10.1 Å². The first-order chi connectivity index (χ1) is 12.8. The lowest BCUT2D eigenvalue weighted by Crippen LogP contribution is -2.42. The van der Waals surface area contributed by atoms with Gasteiger partial charge in [-0.25, -0.2) is 4.85 Å². The Labute approximate surface area is 156 Å². The average Bonchev–Trinajstić information content (AvgIpc) is 2.70. The fraction of sp³-hybridized carbons (Fsp3) is 0.409. The Hall–Kier alpha value is -2.35. The second kappa shape index (κ2) is 9.96. The van der Waals surface area contributed by atoms with Crippen LogP contribution < -0.4 is 10.1 Å². The highest BCUT2D eigenvalue weighted by atomic mass is 16.5. The van der Waals surface area contributed by atoms with E-state index in [9.17, 15) is 0 Å². The van der Waals surface area contributed by atoms with Crippen LogP contribution in [0.5, 0.6) is 5.75 Å². The van der Waals surface area contributed by atoms with Crippen LogP contribution in [0, 0.1) is 6.57 Å². The van der Waals surface area contributed by atoms with Gasteiger partial charge in [-0.15, -0.1) is 0 Å². The number of likely N-dealkylation sites (tertiary alicyclic amines) is 1. The molecule has 1 fully saturated rings. The van der Waals surface area contributed by atoms with E-state index in [1.54, 1.807) is 12.1 Å². The van der Waals surface area contributed by atoms with Crippen molar-refractivity contribution < 1.29 is 4.74 Å². The van der Waals surface area contributed by atoms with Crippen molar-refractivity contribution >= 4 is 5.69 Å². The minimum absolute atomic E-state index is 0.625. The third-order valence-corrected chi connectivity index (χ3v) is 4.83. The zero-order valence-electron chi connectivity index (χ0n) is 15.2. The predicted molar refractivity (Wildman–Crippen MR) is 106 cm³/mol. The second-order valence-electron chi connectivity index (χ2n) is 6.80. The molecule has 4 heteroatoms. The molecule has 1 aliphatic heterocycles. The van der Waals surface area contributed by atoms with E-state index in [1.165, 1.54) is 18.4 Å². The van der Waals surface area contributed by atoms with Gasteiger partial charge >= 0.3 is 0 Å². The smallest absolute Gasteiger partial charge is 0.187 e. The Bertz CT molecular complexity index is 686. The van der Waals surface area contributed by atoms with Crippen molar-refractivity contribution in [3.05, 3.63) is 71.6 Å². The van der Waals surface area contributed by atoms with Crippen molar-refractivity contribution in [1.82, 2.24) is 10.2 Å². The molecule has 1 N–H and O–H groups in total. The summed E-state index contributed by atoms with van der Waals surface area (Å²) in [5.74, 6) is 0.839. The second-order valence-corrected chi connectivity index (χ2v) is 6.80. The lowest BCUT2D eigenvalue weighted by Gasteiger charge is -2.32. The van der Waals surface area contributed by atoms with E-state index < -0.39 is 0 Å². The number of ether oxygens (including phenoxy) is 1. The van der Waals surface area contributed by atoms with Crippen molar-refractivity contribution in [2.45, 2.75) is 31.8 Å². The highest BCUT2D eigenvalue weighted by Crippen LogP contribution is 2.18. The maximum Gasteiger partial charge on any atom is 0.187 e. The van der Waals surface area contributed by atoms with E-state index in [2.05, 4.69) is 45.4 Å². The molecule has 4 nitrogen and oxygen atoms in total. The molecule has 136 valence electrons. The average molecular weight is 349 g/mol. The zero-order chi connectivity index (χ0) is 18.0. The molecule has 0 bridgehead atoms. The monoisotopic (exact) mass is 349 g/mol. The minimum Gasteiger partial charge on any atom is -0.494 e. The number of hydrogen-bond donors (Lipinski definition) is 1. The maximum atomic E-state index is 6.95. The number of nitrogens with zero attached hydrogens (tertiary/aromatic N) is 2. The molecule has 1 heterocycles. The highest BCUT2D eigenvalue weighted by molar-refractivity contribution is 5.46. The van der Waals surface area contributed by atoms with Gasteiger partial charge in [0.1, 0.15) is 5.75 Å². The van der Waals surface area contributed by atoms with E-state index in [4.69, 9.17) is 11.3 Å². The first-order valence-corrected chi connectivity index (χ1v) is 9.43. The third kappa shape index (κ3) is 5.87. The van der Waals surface area contributed by atoms with Crippen molar-refractivity contribution in [2.75, 3.05) is 26.2 Å². The Balaban J connectivity index is 1.26. The molecule has 0 unspecified atom stereocenters. The molecule has 26 heavy (non-hydrogen) atoms. The Morgan fingerprint density at radius 2 is 1.77 bits per heavy atom. The largest absolute Gasteiger partial charge is 0.494 e. The van der Waals surface area contributed by atoms with Crippen LogP contribution >= 0.6 is 0 Å². The first-order valence-electron chi connectivity index (χ1n) is 9.43. The highest BCUT2D eigenvalue weighted by Gasteiger charge is 2.18. The molecular weight excluding hydrogens is 322 g/mol. The third-order valence-electron chi connectivity index (χ3n) is 4.83. The van der Waals surface area contributed by atoms with Gasteiger partial charge in [-0.2, -0.15) is 0 Å². The molecule has 0 radical (unpaired) electrons. The van der Waals surface area contributed by atoms with Gasteiger partial charge in [0.05, 0.1) is 13.2 Å². The molecular formula is C22H27N3O. The van der Waals surface area contributed by atoms with Crippen molar-refractivity contribution in [2.24, 2.45) is 0 Å². The summed E-state index contributed by atoms with van der Waals surface area (Å²) in [6.45, 7) is 12.0. The van der Waals surface area contributed by atoms with Gasteiger partial charge in [0.2, 0.25) is 0 Å². The Kier molecular flexibility index (Phi) is 7.06. The summed E-state index contributed by atoms with van der Waals surface area (Å²) < 4.78 is 5.73. The minimum atomic E-state index is 0.625. The fourth-order valence-corrected chi connectivity index (χ4v) is 3.32. The summed E-state index contributed by atoms with van der Waals surface area (Å²) in [5.41, 5.74) is 2.05. The van der Waals surface area contributed by atoms with Crippen LogP contribution in [0.1, 0.15) is 24.8 Å². The van der Waals surface area contributed by atoms with Gasteiger partial charge in [-0.3, -0.25) is 4.90 Å². The summed E-state index contributed by atoms with van der Waals surface area (Å²) in [6, 6.07) is 18.7. The Morgan fingerprint density at radius 1 is 1.04 bits per heavy atom. The van der Waals surface area contributed by atoms with Crippen molar-refractivity contribution in [1.29, 1.82) is 0 Å². The van der Waals surface area contributed by atoms with Gasteiger partial charge in [0.15, 0.2) is 5.69 Å². The normalized spacial score (nSPS) is 15.5. The van der Waals surface area contributed by atoms with E-state index in [-0.39, 0.29) is 0 Å². The summed E-state index contributed by atoms with van der Waals surface area (Å²) in [5, 5.41) is 3.66. The number of benzene rings is 2. The van der Waals surface area contributed by atoms with Gasteiger partial charge in [-0.1, -0.05) is 42.5 Å². The summed E-state index contributed by atoms with van der Waals surface area (Å²) in [6.07, 6.45) is 3.42. The molecule has 1 aliphatic rings. The summed E-state index contributed by atoms with van der Waals surface area (Å²) in [7, 11) is 0. The van der Waals surface area contributed by atoms with Gasteiger partial charge in [0.25, 0.3) is 0 Å². The van der Waals surface area contributed by atoms with E-state index >= 15 is 0 Å². The van der Waals surface area contributed by atoms with Crippen molar-refractivity contribution in [3.63, 3.8) is 0 Å². The van der Waals surface area contributed by atoms with E-state index in [0.29, 0.717) is 18.3 Å². The van der Waals surface area contributed by atoms with Crippen LogP contribution in [0.25, 0.3) is 4.85 Å². The molecule has 0 saturated carbocycles. The Morgan fingerprint density at radius 3 is 2.46 bits per heavy atom. The van der Waals surface area contributed by atoms with E-state index in [1.807, 2.05) is 12.1 Å². The lowest BCUT2D eigenvalue weighted by atomic mass is 10.0. The van der Waals surface area contributed by atoms with Crippen LogP contribution in [0.3, 0.4) is 0 Å². The number of piperidine rings is 1. The molecule has 0 atom stereocenters. The fourth-order valence-electron chi connectivity index (χ4n) is 3.32. The van der Waals surface area contributed by atoms with Gasteiger partial charge in [-0.05, 0) is 56.6 Å². The van der Waals surface area contributed by atoms with Crippen molar-refractivity contribution in [3.8, 4) is 5.75 Å². The van der Waals surface area contributed by atoms with Crippen LogP contribution in [0.15, 0.2) is 54.6 Å². The molecule has 2 aromatic rings. The lowest BCUT2D eigenvalue weighted by molar-refractivity contribution is 0.189. The molecule has 2 aromatic carbocycles. The number of nitrogens with one attached hydrogen (secondary N) is 1. The molecule has 0 aliphatic carbocycles. The topological polar surface area (TPSA) is 28.9 Å². The molecule has 3 rings (SSSR count). The van der Waals surface area contributed by atoms with Crippen LogP contribution in [0.2, 0.25) is 0 Å². The SMILES string of the molecule is [C-]#[N+]c1ccc(OCCCNC2CCN(Cc3ccccc3)CC2)cc1. The van der Waals surface area contributed by atoms with Gasteiger partial charge in [0, 0.05) is 12.6 Å². The first kappa shape index (κ1) is 18.4. The van der Waals surface area contributed by atoms with Crippen LogP contribution in [-0.4, -0.2) is 37.2 Å². The summed E-state index contributed by atoms with van der Waals surface area (Å²) in [4.78, 5) is 5.93.